The van der Waals surface area contributed by atoms with Crippen LogP contribution in [0, 0.1) is 6.92 Å². The maximum absolute atomic E-state index is 5.36. The third-order valence-corrected chi connectivity index (χ3v) is 3.90. The monoisotopic (exact) mass is 278 g/mol. The van der Waals surface area contributed by atoms with Gasteiger partial charge in [0.2, 0.25) is 5.75 Å². The van der Waals surface area contributed by atoms with Crippen LogP contribution in [0.25, 0.3) is 0 Å². The largest absolute Gasteiger partial charge is 0.493 e. The number of hydrogen-bond donors (Lipinski definition) is 0. The fraction of sp³-hybridized carbons (Fsp3) is 0.333. The van der Waals surface area contributed by atoms with Crippen LogP contribution in [0.4, 0.5) is 0 Å². The van der Waals surface area contributed by atoms with E-state index in [1.165, 1.54) is 9.75 Å². The highest BCUT2D eigenvalue weighted by Crippen LogP contribution is 2.38. The van der Waals surface area contributed by atoms with Gasteiger partial charge in [0.05, 0.1) is 21.3 Å². The molecule has 0 aliphatic heterocycles. The molecule has 2 aromatic rings. The molecule has 0 fully saturated rings. The Labute approximate surface area is 117 Å². The van der Waals surface area contributed by atoms with Gasteiger partial charge in [0.1, 0.15) is 0 Å². The summed E-state index contributed by atoms with van der Waals surface area (Å²) in [6, 6.07) is 8.29. The molecule has 0 saturated heterocycles. The Bertz CT molecular complexity index is 535. The molecule has 1 aromatic carbocycles. The lowest BCUT2D eigenvalue weighted by molar-refractivity contribution is 0.324. The van der Waals surface area contributed by atoms with Gasteiger partial charge in [-0.05, 0) is 36.8 Å². The summed E-state index contributed by atoms with van der Waals surface area (Å²) in [7, 11) is 4.88. The van der Waals surface area contributed by atoms with Crippen LogP contribution in [-0.2, 0) is 6.42 Å². The molecule has 19 heavy (non-hydrogen) atoms. The van der Waals surface area contributed by atoms with Crippen LogP contribution in [0.5, 0.6) is 17.2 Å². The topological polar surface area (TPSA) is 27.7 Å². The molecule has 102 valence electrons. The molecule has 1 heterocycles. The second kappa shape index (κ2) is 5.97. The van der Waals surface area contributed by atoms with Gasteiger partial charge in [-0.15, -0.1) is 11.3 Å². The molecule has 0 amide bonds. The number of methoxy groups -OCH3 is 3. The molecule has 3 nitrogen and oxygen atoms in total. The summed E-state index contributed by atoms with van der Waals surface area (Å²) in [5.41, 5.74) is 1.15. The predicted octanol–water partition coefficient (Wildman–Crippen LogP) is 3.67. The van der Waals surface area contributed by atoms with Gasteiger partial charge < -0.3 is 14.2 Å². The van der Waals surface area contributed by atoms with Crippen LogP contribution >= 0.6 is 11.3 Å². The van der Waals surface area contributed by atoms with Crippen LogP contribution in [-0.4, -0.2) is 21.3 Å². The standard InChI is InChI=1S/C15H18O3S/c1-10-5-6-12(19-10)7-11-8-13(16-2)15(18-4)14(9-11)17-3/h5-6,8-9H,7H2,1-4H3. The van der Waals surface area contributed by atoms with Gasteiger partial charge in [0.25, 0.3) is 0 Å². The Balaban J connectivity index is 2.35. The van der Waals surface area contributed by atoms with Gasteiger partial charge >= 0.3 is 0 Å². The molecular weight excluding hydrogens is 260 g/mol. The van der Waals surface area contributed by atoms with Crippen LogP contribution in [0.1, 0.15) is 15.3 Å². The Morgan fingerprint density at radius 1 is 0.947 bits per heavy atom. The van der Waals surface area contributed by atoms with E-state index in [4.69, 9.17) is 14.2 Å². The van der Waals surface area contributed by atoms with Crippen molar-refractivity contribution in [2.45, 2.75) is 13.3 Å². The lowest BCUT2D eigenvalue weighted by Gasteiger charge is -2.13. The summed E-state index contributed by atoms with van der Waals surface area (Å²) in [5, 5.41) is 0. The maximum Gasteiger partial charge on any atom is 0.203 e. The second-order valence-corrected chi connectivity index (χ2v) is 5.60. The van der Waals surface area contributed by atoms with E-state index in [1.54, 1.807) is 32.7 Å². The average molecular weight is 278 g/mol. The van der Waals surface area contributed by atoms with E-state index < -0.39 is 0 Å². The van der Waals surface area contributed by atoms with Crippen molar-refractivity contribution in [1.29, 1.82) is 0 Å². The van der Waals surface area contributed by atoms with Crippen molar-refractivity contribution in [1.82, 2.24) is 0 Å². The van der Waals surface area contributed by atoms with Crippen molar-refractivity contribution in [2.24, 2.45) is 0 Å². The minimum Gasteiger partial charge on any atom is -0.493 e. The first-order valence-electron chi connectivity index (χ1n) is 6.02. The SMILES string of the molecule is COc1cc(Cc2ccc(C)s2)cc(OC)c1OC. The van der Waals surface area contributed by atoms with Gasteiger partial charge in [0.15, 0.2) is 11.5 Å². The summed E-state index contributed by atoms with van der Waals surface area (Å²) >= 11 is 1.81. The third kappa shape index (κ3) is 3.01. The van der Waals surface area contributed by atoms with Crippen LogP contribution in [0.3, 0.4) is 0 Å². The van der Waals surface area contributed by atoms with Crippen molar-refractivity contribution in [2.75, 3.05) is 21.3 Å². The van der Waals surface area contributed by atoms with Gasteiger partial charge in [-0.1, -0.05) is 0 Å². The zero-order valence-corrected chi connectivity index (χ0v) is 12.5. The van der Waals surface area contributed by atoms with Gasteiger partial charge in [-0.25, -0.2) is 0 Å². The van der Waals surface area contributed by atoms with E-state index in [1.807, 2.05) is 12.1 Å². The van der Waals surface area contributed by atoms with Gasteiger partial charge in [-0.3, -0.25) is 0 Å². The van der Waals surface area contributed by atoms with Crippen LogP contribution in [0.2, 0.25) is 0 Å². The smallest absolute Gasteiger partial charge is 0.203 e. The molecule has 0 N–H and O–H groups in total. The summed E-state index contributed by atoms with van der Waals surface area (Å²) in [5.74, 6) is 2.03. The summed E-state index contributed by atoms with van der Waals surface area (Å²) < 4.78 is 16.0. The first-order valence-corrected chi connectivity index (χ1v) is 6.83. The highest BCUT2D eigenvalue weighted by Gasteiger charge is 2.13. The van der Waals surface area contributed by atoms with Gasteiger partial charge in [-0.2, -0.15) is 0 Å². The number of benzene rings is 1. The summed E-state index contributed by atoms with van der Waals surface area (Å²) in [6.07, 6.45) is 0.870. The molecular formula is C15H18O3S. The summed E-state index contributed by atoms with van der Waals surface area (Å²) in [6.45, 7) is 2.11. The quantitative estimate of drug-likeness (QED) is 0.835. The third-order valence-electron chi connectivity index (χ3n) is 2.90. The fourth-order valence-electron chi connectivity index (χ4n) is 2.02. The highest BCUT2D eigenvalue weighted by molar-refractivity contribution is 7.11. The lowest BCUT2D eigenvalue weighted by Crippen LogP contribution is -1.97. The van der Waals surface area contributed by atoms with Crippen molar-refractivity contribution in [3.63, 3.8) is 0 Å². The number of hydrogen-bond acceptors (Lipinski definition) is 4. The van der Waals surface area contributed by atoms with E-state index in [0.29, 0.717) is 17.2 Å². The second-order valence-electron chi connectivity index (χ2n) is 4.22. The number of ether oxygens (including phenoxy) is 3. The molecule has 0 spiro atoms. The molecule has 1 aromatic heterocycles. The van der Waals surface area contributed by atoms with Crippen molar-refractivity contribution >= 4 is 11.3 Å². The first kappa shape index (κ1) is 13.7. The average Bonchev–Trinajstić information content (AvgIpc) is 2.82. The summed E-state index contributed by atoms with van der Waals surface area (Å²) in [4.78, 5) is 2.65. The number of aryl methyl sites for hydroxylation is 1. The maximum atomic E-state index is 5.36. The van der Waals surface area contributed by atoms with E-state index in [0.717, 1.165) is 12.0 Å². The molecule has 0 unspecified atom stereocenters. The van der Waals surface area contributed by atoms with Crippen LogP contribution in [0.15, 0.2) is 24.3 Å². The molecule has 0 saturated carbocycles. The molecule has 0 radical (unpaired) electrons. The molecule has 4 heteroatoms. The molecule has 0 aliphatic carbocycles. The van der Waals surface area contributed by atoms with Crippen molar-refractivity contribution < 1.29 is 14.2 Å². The Hall–Kier alpha value is -1.68. The minimum absolute atomic E-state index is 0.635. The lowest BCUT2D eigenvalue weighted by atomic mass is 10.1. The normalized spacial score (nSPS) is 10.3. The molecule has 0 aliphatic rings. The van der Waals surface area contributed by atoms with E-state index in [9.17, 15) is 0 Å². The zero-order valence-electron chi connectivity index (χ0n) is 11.6. The molecule has 2 rings (SSSR count). The predicted molar refractivity (Wildman–Crippen MR) is 78.0 cm³/mol. The van der Waals surface area contributed by atoms with Crippen LogP contribution < -0.4 is 14.2 Å². The zero-order chi connectivity index (χ0) is 13.8. The number of rotatable bonds is 5. The highest BCUT2D eigenvalue weighted by atomic mass is 32.1. The van der Waals surface area contributed by atoms with E-state index >= 15 is 0 Å². The van der Waals surface area contributed by atoms with Crippen molar-refractivity contribution in [3.05, 3.63) is 39.6 Å². The number of thiophene rings is 1. The van der Waals surface area contributed by atoms with E-state index in [-0.39, 0.29) is 0 Å². The minimum atomic E-state index is 0.635. The molecule has 0 bridgehead atoms. The molecule has 0 atom stereocenters. The van der Waals surface area contributed by atoms with Gasteiger partial charge in [0, 0.05) is 16.2 Å². The van der Waals surface area contributed by atoms with E-state index in [2.05, 4.69) is 19.1 Å². The first-order chi connectivity index (χ1) is 9.17. The Morgan fingerprint density at radius 2 is 1.58 bits per heavy atom. The fourth-order valence-corrected chi connectivity index (χ4v) is 2.94. The Morgan fingerprint density at radius 3 is 2.00 bits per heavy atom. The van der Waals surface area contributed by atoms with Crippen molar-refractivity contribution in [3.8, 4) is 17.2 Å². The Kier molecular flexibility index (Phi) is 4.32.